The molecule has 0 saturated carbocycles. The highest BCUT2D eigenvalue weighted by Crippen LogP contribution is 2.12. The summed E-state index contributed by atoms with van der Waals surface area (Å²) in [6, 6.07) is 11.7. The standard InChI is InChI=1S/C17H28N2O2/c1-14-10-18-16(9-15-7-5-4-6-8-15)11-19(14)12-17(21-3)13-20-2/h4-8,14,16-18H,9-13H2,1-3H3. The van der Waals surface area contributed by atoms with Gasteiger partial charge in [-0.2, -0.15) is 0 Å². The fourth-order valence-electron chi connectivity index (χ4n) is 2.93. The zero-order valence-electron chi connectivity index (χ0n) is 13.4. The molecule has 0 spiro atoms. The van der Waals surface area contributed by atoms with Gasteiger partial charge in [0.1, 0.15) is 0 Å². The van der Waals surface area contributed by atoms with Gasteiger partial charge < -0.3 is 14.8 Å². The predicted octanol–water partition coefficient (Wildman–Crippen LogP) is 1.55. The summed E-state index contributed by atoms with van der Waals surface area (Å²) < 4.78 is 10.7. The van der Waals surface area contributed by atoms with E-state index >= 15 is 0 Å². The molecule has 1 heterocycles. The normalized spacial score (nSPS) is 24.9. The summed E-state index contributed by atoms with van der Waals surface area (Å²) in [4.78, 5) is 2.51. The zero-order valence-corrected chi connectivity index (χ0v) is 13.4. The highest BCUT2D eigenvalue weighted by molar-refractivity contribution is 5.16. The first kappa shape index (κ1) is 16.4. The zero-order chi connectivity index (χ0) is 15.1. The summed E-state index contributed by atoms with van der Waals surface area (Å²) in [6.07, 6.45) is 1.22. The molecule has 0 aromatic heterocycles. The second-order valence-corrected chi connectivity index (χ2v) is 5.91. The van der Waals surface area contributed by atoms with Gasteiger partial charge in [0, 0.05) is 45.9 Å². The maximum Gasteiger partial charge on any atom is 0.0931 e. The van der Waals surface area contributed by atoms with Crippen molar-refractivity contribution >= 4 is 0 Å². The molecule has 4 heteroatoms. The van der Waals surface area contributed by atoms with Crippen molar-refractivity contribution in [2.24, 2.45) is 0 Å². The van der Waals surface area contributed by atoms with Gasteiger partial charge in [-0.3, -0.25) is 4.90 Å². The van der Waals surface area contributed by atoms with E-state index in [1.54, 1.807) is 14.2 Å². The quantitative estimate of drug-likeness (QED) is 0.827. The molecular formula is C17H28N2O2. The fraction of sp³-hybridized carbons (Fsp3) is 0.647. The van der Waals surface area contributed by atoms with E-state index in [1.807, 2.05) is 0 Å². The van der Waals surface area contributed by atoms with Gasteiger partial charge >= 0.3 is 0 Å². The smallest absolute Gasteiger partial charge is 0.0931 e. The molecule has 1 N–H and O–H groups in total. The third-order valence-corrected chi connectivity index (χ3v) is 4.23. The van der Waals surface area contributed by atoms with E-state index in [1.165, 1.54) is 5.56 Å². The van der Waals surface area contributed by atoms with Crippen LogP contribution >= 0.6 is 0 Å². The number of piperazine rings is 1. The van der Waals surface area contributed by atoms with Gasteiger partial charge in [-0.05, 0) is 18.9 Å². The van der Waals surface area contributed by atoms with Crippen LogP contribution in [0.4, 0.5) is 0 Å². The van der Waals surface area contributed by atoms with Gasteiger partial charge in [0.25, 0.3) is 0 Å². The van der Waals surface area contributed by atoms with E-state index in [4.69, 9.17) is 9.47 Å². The molecule has 1 aliphatic heterocycles. The first-order valence-corrected chi connectivity index (χ1v) is 7.76. The van der Waals surface area contributed by atoms with E-state index in [-0.39, 0.29) is 6.10 Å². The minimum Gasteiger partial charge on any atom is -0.382 e. The Labute approximate surface area is 128 Å². The van der Waals surface area contributed by atoms with Crippen molar-refractivity contribution in [3.63, 3.8) is 0 Å². The van der Waals surface area contributed by atoms with Crippen LogP contribution in [-0.4, -0.2) is 63.5 Å². The molecule has 0 radical (unpaired) electrons. The molecule has 0 amide bonds. The molecule has 3 unspecified atom stereocenters. The number of rotatable bonds is 7. The molecule has 3 atom stereocenters. The number of benzene rings is 1. The largest absolute Gasteiger partial charge is 0.382 e. The molecule has 21 heavy (non-hydrogen) atoms. The first-order valence-electron chi connectivity index (χ1n) is 7.76. The van der Waals surface area contributed by atoms with Crippen LogP contribution in [0.25, 0.3) is 0 Å². The third-order valence-electron chi connectivity index (χ3n) is 4.23. The maximum atomic E-state index is 5.51. The van der Waals surface area contributed by atoms with Gasteiger partial charge in [0.15, 0.2) is 0 Å². The lowest BCUT2D eigenvalue weighted by atomic mass is 10.0. The summed E-state index contributed by atoms with van der Waals surface area (Å²) in [7, 11) is 3.49. The minimum absolute atomic E-state index is 0.146. The first-order chi connectivity index (χ1) is 10.2. The lowest BCUT2D eigenvalue weighted by molar-refractivity contribution is -0.00864. The van der Waals surface area contributed by atoms with E-state index in [9.17, 15) is 0 Å². The number of ether oxygens (including phenoxy) is 2. The van der Waals surface area contributed by atoms with Crippen molar-refractivity contribution < 1.29 is 9.47 Å². The van der Waals surface area contributed by atoms with Crippen molar-refractivity contribution in [1.29, 1.82) is 0 Å². The Kier molecular flexibility index (Phi) is 6.64. The van der Waals surface area contributed by atoms with Gasteiger partial charge in [-0.1, -0.05) is 30.3 Å². The lowest BCUT2D eigenvalue weighted by Crippen LogP contribution is -2.57. The highest BCUT2D eigenvalue weighted by Gasteiger charge is 2.26. The SMILES string of the molecule is COCC(CN1CC(Cc2ccccc2)NCC1C)OC. The minimum atomic E-state index is 0.146. The molecule has 1 aromatic carbocycles. The van der Waals surface area contributed by atoms with Crippen LogP contribution in [0.2, 0.25) is 0 Å². The van der Waals surface area contributed by atoms with Crippen LogP contribution in [-0.2, 0) is 15.9 Å². The molecule has 1 aromatic rings. The summed E-state index contributed by atoms with van der Waals surface area (Å²) in [5, 5.41) is 3.66. The van der Waals surface area contributed by atoms with E-state index in [0.717, 1.165) is 26.1 Å². The van der Waals surface area contributed by atoms with Crippen molar-refractivity contribution in [2.75, 3.05) is 40.5 Å². The Morgan fingerprint density at radius 3 is 2.71 bits per heavy atom. The van der Waals surface area contributed by atoms with Crippen LogP contribution < -0.4 is 5.32 Å². The Balaban J connectivity index is 1.89. The molecule has 0 aliphatic carbocycles. The molecule has 2 rings (SSSR count). The molecule has 0 bridgehead atoms. The Morgan fingerprint density at radius 2 is 2.05 bits per heavy atom. The highest BCUT2D eigenvalue weighted by atomic mass is 16.5. The Bertz CT molecular complexity index is 399. The van der Waals surface area contributed by atoms with Crippen molar-refractivity contribution in [1.82, 2.24) is 10.2 Å². The van der Waals surface area contributed by atoms with Gasteiger partial charge in [-0.25, -0.2) is 0 Å². The van der Waals surface area contributed by atoms with E-state index in [2.05, 4.69) is 47.5 Å². The maximum absolute atomic E-state index is 5.51. The molecule has 1 fully saturated rings. The predicted molar refractivity (Wildman–Crippen MR) is 85.6 cm³/mol. The Hall–Kier alpha value is -0.940. The molecular weight excluding hydrogens is 264 g/mol. The van der Waals surface area contributed by atoms with Crippen molar-refractivity contribution in [2.45, 2.75) is 31.5 Å². The fourth-order valence-corrected chi connectivity index (χ4v) is 2.93. The second-order valence-electron chi connectivity index (χ2n) is 5.91. The van der Waals surface area contributed by atoms with Crippen LogP contribution in [0.5, 0.6) is 0 Å². The number of nitrogens with zero attached hydrogens (tertiary/aromatic N) is 1. The van der Waals surface area contributed by atoms with Gasteiger partial charge in [-0.15, -0.1) is 0 Å². The molecule has 1 aliphatic rings. The average molecular weight is 292 g/mol. The number of hydrogen-bond acceptors (Lipinski definition) is 4. The Morgan fingerprint density at radius 1 is 1.29 bits per heavy atom. The van der Waals surface area contributed by atoms with E-state index < -0.39 is 0 Å². The van der Waals surface area contributed by atoms with Crippen LogP contribution in [0.1, 0.15) is 12.5 Å². The van der Waals surface area contributed by atoms with Crippen LogP contribution in [0, 0.1) is 0 Å². The molecule has 118 valence electrons. The molecule has 1 saturated heterocycles. The van der Waals surface area contributed by atoms with Gasteiger partial charge in [0.2, 0.25) is 0 Å². The second kappa shape index (κ2) is 8.49. The number of methoxy groups -OCH3 is 2. The van der Waals surface area contributed by atoms with Gasteiger partial charge in [0.05, 0.1) is 12.7 Å². The van der Waals surface area contributed by atoms with E-state index in [0.29, 0.717) is 18.7 Å². The average Bonchev–Trinajstić information content (AvgIpc) is 2.51. The summed E-state index contributed by atoms with van der Waals surface area (Å²) in [6.45, 7) is 5.93. The topological polar surface area (TPSA) is 33.7 Å². The number of nitrogens with one attached hydrogen (secondary N) is 1. The van der Waals surface area contributed by atoms with Crippen LogP contribution in [0.3, 0.4) is 0 Å². The van der Waals surface area contributed by atoms with Crippen molar-refractivity contribution in [3.05, 3.63) is 35.9 Å². The number of hydrogen-bond donors (Lipinski definition) is 1. The summed E-state index contributed by atoms with van der Waals surface area (Å²) in [5.74, 6) is 0. The van der Waals surface area contributed by atoms with Crippen molar-refractivity contribution in [3.8, 4) is 0 Å². The summed E-state index contributed by atoms with van der Waals surface area (Å²) >= 11 is 0. The third kappa shape index (κ3) is 5.08. The monoisotopic (exact) mass is 292 g/mol. The van der Waals surface area contributed by atoms with Crippen LogP contribution in [0.15, 0.2) is 30.3 Å². The molecule has 4 nitrogen and oxygen atoms in total. The summed E-state index contributed by atoms with van der Waals surface area (Å²) in [5.41, 5.74) is 1.39. The lowest BCUT2D eigenvalue weighted by Gasteiger charge is -2.40.